The van der Waals surface area contributed by atoms with Gasteiger partial charge < -0.3 is 10.2 Å². The normalized spacial score (nSPS) is 41.6. The highest BCUT2D eigenvalue weighted by atomic mass is 32.1. The third-order valence-electron chi connectivity index (χ3n) is 10.2. The van der Waals surface area contributed by atoms with Gasteiger partial charge in [0.05, 0.1) is 11.8 Å². The number of pyridine rings is 1. The highest BCUT2D eigenvalue weighted by Gasteiger charge is 2.74. The Bertz CT molecular complexity index is 1380. The van der Waals surface area contributed by atoms with E-state index in [1.165, 1.54) is 29.7 Å². The first-order valence-electron chi connectivity index (χ1n) is 13.2. The standard InChI is InChI=1S/C29H32FN3O4S/c1-16-12-20-19-8-7-17-13-18(34)9-10-26(17,2)28(19,30)23(35)14-27(20,3)29(16,37)22-15-38-25(32-22)33-24(36)21-6-4-5-11-31-21/h4-6,9-11,13,15-16,19-20,23,35,37H,7-8,12,14H2,1-3H3,(H,32,33,36). The van der Waals surface area contributed by atoms with Crippen LogP contribution in [0, 0.1) is 28.6 Å². The molecule has 1 amide bonds. The van der Waals surface area contributed by atoms with Crippen molar-refractivity contribution in [1.29, 1.82) is 0 Å². The summed E-state index contributed by atoms with van der Waals surface area (Å²) >= 11 is 1.22. The predicted octanol–water partition coefficient (Wildman–Crippen LogP) is 4.59. The fourth-order valence-electron chi connectivity index (χ4n) is 8.26. The van der Waals surface area contributed by atoms with Crippen molar-refractivity contribution in [2.24, 2.45) is 28.6 Å². The minimum absolute atomic E-state index is 0.0588. The number of nitrogens with zero attached hydrogens (tertiary/aromatic N) is 2. The van der Waals surface area contributed by atoms with Crippen LogP contribution in [0.1, 0.15) is 62.6 Å². The zero-order chi connectivity index (χ0) is 27.1. The zero-order valence-corrected chi connectivity index (χ0v) is 22.5. The van der Waals surface area contributed by atoms with Gasteiger partial charge in [-0.2, -0.15) is 0 Å². The molecule has 6 rings (SSSR count). The quantitative estimate of drug-likeness (QED) is 0.528. The van der Waals surface area contributed by atoms with Crippen LogP contribution in [0.4, 0.5) is 9.52 Å². The highest BCUT2D eigenvalue weighted by molar-refractivity contribution is 7.14. The van der Waals surface area contributed by atoms with Gasteiger partial charge in [-0.05, 0) is 68.7 Å². The van der Waals surface area contributed by atoms with Gasteiger partial charge in [-0.25, -0.2) is 9.37 Å². The Kier molecular flexibility index (Phi) is 5.62. The molecule has 9 heteroatoms. The molecule has 3 N–H and O–H groups in total. The van der Waals surface area contributed by atoms with Gasteiger partial charge in [0.15, 0.2) is 16.6 Å². The zero-order valence-electron chi connectivity index (χ0n) is 21.6. The van der Waals surface area contributed by atoms with E-state index in [4.69, 9.17) is 0 Å². The lowest BCUT2D eigenvalue weighted by Crippen LogP contribution is -2.68. The summed E-state index contributed by atoms with van der Waals surface area (Å²) in [5, 5.41) is 28.8. The number of rotatable bonds is 3. The number of allylic oxidation sites excluding steroid dienone is 4. The minimum Gasteiger partial charge on any atom is -0.390 e. The van der Waals surface area contributed by atoms with Crippen molar-refractivity contribution >= 4 is 28.2 Å². The van der Waals surface area contributed by atoms with Crippen LogP contribution in [0.25, 0.3) is 0 Å². The first-order valence-corrected chi connectivity index (χ1v) is 14.0. The maximum absolute atomic E-state index is 17.4. The van der Waals surface area contributed by atoms with Gasteiger partial charge in [0, 0.05) is 28.3 Å². The van der Waals surface area contributed by atoms with Crippen LogP contribution < -0.4 is 5.32 Å². The van der Waals surface area contributed by atoms with Crippen LogP contribution in [0.5, 0.6) is 0 Å². The lowest BCUT2D eigenvalue weighted by molar-refractivity contribution is -0.223. The lowest BCUT2D eigenvalue weighted by Gasteiger charge is -2.62. The Balaban J connectivity index is 1.34. The van der Waals surface area contributed by atoms with E-state index < -0.39 is 40.0 Å². The number of anilines is 1. The van der Waals surface area contributed by atoms with Crippen molar-refractivity contribution in [2.45, 2.75) is 63.8 Å². The third-order valence-corrected chi connectivity index (χ3v) is 11.0. The number of carbonyl (C=O) groups is 2. The van der Waals surface area contributed by atoms with E-state index in [0.29, 0.717) is 30.1 Å². The number of fused-ring (bicyclic) bond motifs is 5. The van der Waals surface area contributed by atoms with Crippen molar-refractivity contribution in [3.63, 3.8) is 0 Å². The van der Waals surface area contributed by atoms with Gasteiger partial charge in [0.2, 0.25) is 0 Å². The molecule has 0 aliphatic heterocycles. The Morgan fingerprint density at radius 1 is 1.26 bits per heavy atom. The predicted molar refractivity (Wildman–Crippen MR) is 141 cm³/mol. The molecule has 2 heterocycles. The van der Waals surface area contributed by atoms with Gasteiger partial charge in [-0.15, -0.1) is 11.3 Å². The molecule has 8 atom stereocenters. The number of aliphatic hydroxyl groups is 2. The third kappa shape index (κ3) is 3.18. The first kappa shape index (κ1) is 25.5. The molecule has 2 aromatic heterocycles. The fraction of sp³-hybridized carbons (Fsp3) is 0.517. The number of aliphatic hydroxyl groups excluding tert-OH is 1. The van der Waals surface area contributed by atoms with E-state index in [-0.39, 0.29) is 29.7 Å². The summed E-state index contributed by atoms with van der Waals surface area (Å²) in [4.78, 5) is 33.4. The smallest absolute Gasteiger partial charge is 0.276 e. The molecule has 2 aromatic rings. The monoisotopic (exact) mass is 537 g/mol. The van der Waals surface area contributed by atoms with E-state index in [1.54, 1.807) is 36.6 Å². The maximum atomic E-state index is 17.4. The van der Waals surface area contributed by atoms with Gasteiger partial charge in [-0.1, -0.05) is 31.6 Å². The molecule has 3 fully saturated rings. The molecule has 0 radical (unpaired) electrons. The Morgan fingerprint density at radius 3 is 2.79 bits per heavy atom. The summed E-state index contributed by atoms with van der Waals surface area (Å²) in [6.07, 6.45) is 6.51. The van der Waals surface area contributed by atoms with Gasteiger partial charge >= 0.3 is 0 Å². The molecular formula is C29H32FN3O4S. The molecular weight excluding hydrogens is 505 g/mol. The van der Waals surface area contributed by atoms with Crippen LogP contribution in [-0.4, -0.2) is 43.6 Å². The van der Waals surface area contributed by atoms with Crippen molar-refractivity contribution in [1.82, 2.24) is 9.97 Å². The summed E-state index contributed by atoms with van der Waals surface area (Å²) < 4.78 is 17.4. The second-order valence-electron chi connectivity index (χ2n) is 11.9. The van der Waals surface area contributed by atoms with Crippen LogP contribution in [0.2, 0.25) is 0 Å². The topological polar surface area (TPSA) is 112 Å². The summed E-state index contributed by atoms with van der Waals surface area (Å²) in [6.45, 7) is 5.70. The average Bonchev–Trinajstić information content (AvgIpc) is 3.43. The number of alkyl halides is 1. The number of aromatic nitrogens is 2. The van der Waals surface area contributed by atoms with Crippen LogP contribution in [-0.2, 0) is 10.4 Å². The number of carbonyl (C=O) groups excluding carboxylic acids is 2. The van der Waals surface area contributed by atoms with Gasteiger partial charge in [-0.3, -0.25) is 19.9 Å². The summed E-state index contributed by atoms with van der Waals surface area (Å²) in [5.74, 6) is -1.48. The maximum Gasteiger partial charge on any atom is 0.276 e. The summed E-state index contributed by atoms with van der Waals surface area (Å²) in [5.41, 5.74) is -3.85. The van der Waals surface area contributed by atoms with Crippen molar-refractivity contribution in [3.8, 4) is 0 Å². The van der Waals surface area contributed by atoms with Crippen LogP contribution in [0.3, 0.4) is 0 Å². The molecule has 38 heavy (non-hydrogen) atoms. The number of amides is 1. The fourth-order valence-corrected chi connectivity index (χ4v) is 9.01. The van der Waals surface area contributed by atoms with Crippen LogP contribution in [0.15, 0.2) is 53.6 Å². The first-order chi connectivity index (χ1) is 17.9. The second-order valence-corrected chi connectivity index (χ2v) is 12.7. The lowest BCUT2D eigenvalue weighted by atomic mass is 9.44. The molecule has 7 nitrogen and oxygen atoms in total. The number of hydrogen-bond donors (Lipinski definition) is 3. The van der Waals surface area contributed by atoms with E-state index >= 15 is 4.39 Å². The van der Waals surface area contributed by atoms with Crippen molar-refractivity contribution in [3.05, 3.63) is 65.0 Å². The Labute approximate surface area is 224 Å². The largest absolute Gasteiger partial charge is 0.390 e. The molecule has 0 bridgehead atoms. The van der Waals surface area contributed by atoms with Gasteiger partial charge in [0.1, 0.15) is 11.3 Å². The minimum atomic E-state index is -1.95. The van der Waals surface area contributed by atoms with E-state index in [1.807, 2.05) is 13.8 Å². The molecule has 8 unspecified atom stereocenters. The van der Waals surface area contributed by atoms with E-state index in [2.05, 4.69) is 15.3 Å². The van der Waals surface area contributed by atoms with Crippen molar-refractivity contribution in [2.75, 3.05) is 5.32 Å². The van der Waals surface area contributed by atoms with E-state index in [0.717, 1.165) is 5.57 Å². The number of thiazole rings is 1. The van der Waals surface area contributed by atoms with Crippen molar-refractivity contribution < 1.29 is 24.2 Å². The number of ketones is 1. The molecule has 0 aromatic carbocycles. The molecule has 0 spiro atoms. The highest BCUT2D eigenvalue weighted by Crippen LogP contribution is 2.72. The molecule has 4 aliphatic carbocycles. The summed E-state index contributed by atoms with van der Waals surface area (Å²) in [7, 11) is 0. The number of halogens is 1. The number of hydrogen-bond acceptors (Lipinski definition) is 7. The van der Waals surface area contributed by atoms with Crippen LogP contribution >= 0.6 is 11.3 Å². The van der Waals surface area contributed by atoms with E-state index in [9.17, 15) is 19.8 Å². The Hall–Kier alpha value is -2.75. The average molecular weight is 538 g/mol. The molecule has 200 valence electrons. The number of nitrogens with one attached hydrogen (secondary N) is 1. The summed E-state index contributed by atoms with van der Waals surface area (Å²) in [6, 6.07) is 5.06. The molecule has 0 saturated heterocycles. The molecule has 4 aliphatic rings. The SMILES string of the molecule is CC1CC2C3CCC4=CC(=O)C=CC4(C)C3(F)C(O)CC2(C)C1(O)c1csc(NC(=O)c2ccccn2)n1. The molecule has 3 saturated carbocycles. The Morgan fingerprint density at radius 2 is 2.05 bits per heavy atom. The second kappa shape index (κ2) is 8.37. The van der Waals surface area contributed by atoms with Gasteiger partial charge in [0.25, 0.3) is 5.91 Å².